The number of alkyl halides is 2. The summed E-state index contributed by atoms with van der Waals surface area (Å²) in [5.74, 6) is -0.133. The monoisotopic (exact) mass is 383 g/mol. The van der Waals surface area contributed by atoms with Crippen molar-refractivity contribution >= 4 is 23.3 Å². The number of halogens is 2. The number of rotatable bonds is 8. The Bertz CT molecular complexity index is 723. The van der Waals surface area contributed by atoms with E-state index in [4.69, 9.17) is 5.73 Å². The maximum Gasteiger partial charge on any atom is 0.387 e. The number of hydrogen-bond acceptors (Lipinski definition) is 4. The van der Waals surface area contributed by atoms with E-state index in [1.807, 2.05) is 17.5 Å². The molecular formula is C17H19F2N3O3S. The summed E-state index contributed by atoms with van der Waals surface area (Å²) >= 11 is 1.42. The molecule has 0 radical (unpaired) electrons. The van der Waals surface area contributed by atoms with Crippen LogP contribution in [0.3, 0.4) is 0 Å². The zero-order chi connectivity index (χ0) is 19.1. The van der Waals surface area contributed by atoms with E-state index in [1.165, 1.54) is 28.4 Å². The molecule has 3 N–H and O–H groups in total. The molecule has 3 amide bonds. The van der Waals surface area contributed by atoms with Crippen molar-refractivity contribution in [3.63, 3.8) is 0 Å². The van der Waals surface area contributed by atoms with Gasteiger partial charge in [-0.25, -0.2) is 4.79 Å². The minimum Gasteiger partial charge on any atom is -0.435 e. The summed E-state index contributed by atoms with van der Waals surface area (Å²) in [7, 11) is 1.63. The number of urea groups is 1. The Kier molecular flexibility index (Phi) is 6.90. The molecule has 0 aliphatic rings. The molecule has 0 spiro atoms. The number of primary amides is 1. The third kappa shape index (κ3) is 5.99. The van der Waals surface area contributed by atoms with Gasteiger partial charge < -0.3 is 20.7 Å². The van der Waals surface area contributed by atoms with Crippen molar-refractivity contribution in [2.75, 3.05) is 7.05 Å². The van der Waals surface area contributed by atoms with Crippen LogP contribution in [0.5, 0.6) is 5.75 Å². The maximum atomic E-state index is 12.5. The molecule has 2 rings (SSSR count). The van der Waals surface area contributed by atoms with Crippen LogP contribution < -0.4 is 15.8 Å². The van der Waals surface area contributed by atoms with Gasteiger partial charge in [0.25, 0.3) is 0 Å². The van der Waals surface area contributed by atoms with Gasteiger partial charge in [-0.1, -0.05) is 18.2 Å². The molecule has 6 nitrogen and oxygen atoms in total. The molecule has 26 heavy (non-hydrogen) atoms. The van der Waals surface area contributed by atoms with Gasteiger partial charge in [0, 0.05) is 18.5 Å². The van der Waals surface area contributed by atoms with Crippen molar-refractivity contribution in [1.29, 1.82) is 0 Å². The van der Waals surface area contributed by atoms with Gasteiger partial charge >= 0.3 is 12.6 Å². The smallest absolute Gasteiger partial charge is 0.387 e. The van der Waals surface area contributed by atoms with E-state index in [2.05, 4.69) is 10.1 Å². The molecule has 1 atom stereocenters. The van der Waals surface area contributed by atoms with Crippen LogP contribution in [-0.2, 0) is 11.3 Å². The zero-order valence-electron chi connectivity index (χ0n) is 14.0. The Morgan fingerprint density at radius 1 is 1.27 bits per heavy atom. The molecule has 0 bridgehead atoms. The number of ether oxygens (including phenoxy) is 1. The Hall–Kier alpha value is -2.68. The van der Waals surface area contributed by atoms with Crippen molar-refractivity contribution in [1.82, 2.24) is 10.2 Å². The summed E-state index contributed by atoms with van der Waals surface area (Å²) in [6.07, 6.45) is 0.0620. The van der Waals surface area contributed by atoms with Crippen LogP contribution in [0.25, 0.3) is 0 Å². The van der Waals surface area contributed by atoms with Gasteiger partial charge in [0.2, 0.25) is 5.91 Å². The lowest BCUT2D eigenvalue weighted by atomic mass is 10.1. The Balaban J connectivity index is 1.96. The Morgan fingerprint density at radius 3 is 2.50 bits per heavy atom. The van der Waals surface area contributed by atoms with Crippen LogP contribution in [0.2, 0.25) is 0 Å². The second-order valence-electron chi connectivity index (χ2n) is 5.55. The van der Waals surface area contributed by atoms with E-state index >= 15 is 0 Å². The van der Waals surface area contributed by atoms with Gasteiger partial charge in [0.15, 0.2) is 0 Å². The van der Waals surface area contributed by atoms with Gasteiger partial charge in [-0.3, -0.25) is 4.79 Å². The number of nitrogens with two attached hydrogens (primary N) is 1. The molecule has 0 aliphatic carbocycles. The molecule has 2 aromatic rings. The van der Waals surface area contributed by atoms with Crippen LogP contribution in [0.4, 0.5) is 13.6 Å². The molecule has 9 heteroatoms. The number of nitrogens with zero attached hydrogens (tertiary/aromatic N) is 1. The predicted molar refractivity (Wildman–Crippen MR) is 93.9 cm³/mol. The van der Waals surface area contributed by atoms with E-state index in [0.717, 1.165) is 10.4 Å². The highest BCUT2D eigenvalue weighted by Gasteiger charge is 2.20. The lowest BCUT2D eigenvalue weighted by Gasteiger charge is -2.21. The lowest BCUT2D eigenvalue weighted by Crippen LogP contribution is -2.36. The van der Waals surface area contributed by atoms with E-state index < -0.39 is 18.7 Å². The number of nitrogens with one attached hydrogen (secondary N) is 1. The fourth-order valence-electron chi connectivity index (χ4n) is 2.35. The Morgan fingerprint density at radius 2 is 1.96 bits per heavy atom. The molecule has 1 heterocycles. The summed E-state index contributed by atoms with van der Waals surface area (Å²) in [5, 5.41) is 4.42. The van der Waals surface area contributed by atoms with Crippen LogP contribution >= 0.6 is 11.3 Å². The minimum atomic E-state index is -2.88. The van der Waals surface area contributed by atoms with Gasteiger partial charge in [-0.15, -0.1) is 11.3 Å². The number of amides is 3. The quantitative estimate of drug-likeness (QED) is 0.735. The van der Waals surface area contributed by atoms with Crippen LogP contribution in [0.15, 0.2) is 41.8 Å². The van der Waals surface area contributed by atoms with Crippen molar-refractivity contribution in [3.05, 3.63) is 52.2 Å². The number of benzene rings is 1. The molecule has 0 saturated heterocycles. The molecule has 0 fully saturated rings. The third-order valence-electron chi connectivity index (χ3n) is 3.58. The van der Waals surface area contributed by atoms with Gasteiger partial charge in [-0.2, -0.15) is 8.78 Å². The molecule has 1 unspecified atom stereocenters. The average Bonchev–Trinajstić information content (AvgIpc) is 3.09. The molecular weight excluding hydrogens is 364 g/mol. The second kappa shape index (κ2) is 9.14. The minimum absolute atomic E-state index is 0.0566. The fraction of sp³-hybridized carbons (Fsp3) is 0.294. The number of carbonyl (C=O) groups is 2. The first-order valence-corrected chi connectivity index (χ1v) is 8.60. The molecule has 140 valence electrons. The average molecular weight is 383 g/mol. The van der Waals surface area contributed by atoms with E-state index in [0.29, 0.717) is 6.54 Å². The topological polar surface area (TPSA) is 84.7 Å². The fourth-order valence-corrected chi connectivity index (χ4v) is 3.13. The van der Waals surface area contributed by atoms with Gasteiger partial charge in [-0.05, 0) is 29.1 Å². The molecule has 0 aliphatic heterocycles. The number of hydrogen-bond donors (Lipinski definition) is 2. The predicted octanol–water partition coefficient (Wildman–Crippen LogP) is 3.11. The number of carbonyl (C=O) groups excluding carboxylic acids is 2. The Labute approximate surface area is 153 Å². The summed E-state index contributed by atoms with van der Waals surface area (Å²) in [4.78, 5) is 26.0. The normalized spacial score (nSPS) is 11.8. The molecule has 1 aromatic heterocycles. The maximum absolute atomic E-state index is 12.5. The van der Waals surface area contributed by atoms with Crippen molar-refractivity contribution < 1.29 is 23.1 Å². The highest BCUT2D eigenvalue weighted by molar-refractivity contribution is 7.10. The van der Waals surface area contributed by atoms with Crippen LogP contribution in [-0.4, -0.2) is 30.5 Å². The van der Waals surface area contributed by atoms with Crippen molar-refractivity contribution in [2.24, 2.45) is 5.73 Å². The number of thiophene rings is 1. The second-order valence-corrected chi connectivity index (χ2v) is 6.53. The standard InChI is InChI=1S/C17H19F2N3O3S/c1-22(10-11-4-6-12(7-5-11)25-16(18)19)15(23)9-13(21-17(20)24)14-3-2-8-26-14/h2-8,13,16H,9-10H2,1H3,(H3,20,21,24). The molecule has 1 aromatic carbocycles. The molecule has 0 saturated carbocycles. The van der Waals surface area contributed by atoms with Crippen molar-refractivity contribution in [3.8, 4) is 5.75 Å². The summed E-state index contributed by atoms with van der Waals surface area (Å²) < 4.78 is 28.6. The van der Waals surface area contributed by atoms with Gasteiger partial charge in [0.05, 0.1) is 12.5 Å². The van der Waals surface area contributed by atoms with Gasteiger partial charge in [0.1, 0.15) is 5.75 Å². The van der Waals surface area contributed by atoms with E-state index in [1.54, 1.807) is 19.2 Å². The first-order chi connectivity index (χ1) is 12.3. The van der Waals surface area contributed by atoms with Crippen LogP contribution in [0.1, 0.15) is 22.9 Å². The van der Waals surface area contributed by atoms with Crippen molar-refractivity contribution in [2.45, 2.75) is 25.6 Å². The van der Waals surface area contributed by atoms with Crippen LogP contribution in [0, 0.1) is 0 Å². The highest BCUT2D eigenvalue weighted by atomic mass is 32.1. The first-order valence-electron chi connectivity index (χ1n) is 7.72. The first kappa shape index (κ1) is 19.6. The summed E-state index contributed by atoms with van der Waals surface area (Å²) in [6, 6.07) is 8.51. The van der Waals surface area contributed by atoms with E-state index in [9.17, 15) is 18.4 Å². The largest absolute Gasteiger partial charge is 0.435 e. The zero-order valence-corrected chi connectivity index (χ0v) is 14.8. The third-order valence-corrected chi connectivity index (χ3v) is 4.56. The lowest BCUT2D eigenvalue weighted by molar-refractivity contribution is -0.130. The summed E-state index contributed by atoms with van der Waals surface area (Å²) in [6.45, 7) is -2.58. The SMILES string of the molecule is CN(Cc1ccc(OC(F)F)cc1)C(=O)CC(NC(N)=O)c1cccs1. The highest BCUT2D eigenvalue weighted by Crippen LogP contribution is 2.23. The van der Waals surface area contributed by atoms with E-state index in [-0.39, 0.29) is 18.1 Å². The summed E-state index contributed by atoms with van der Waals surface area (Å²) in [5.41, 5.74) is 5.95.